The van der Waals surface area contributed by atoms with Gasteiger partial charge in [0.1, 0.15) is 11.5 Å². The van der Waals surface area contributed by atoms with Crippen LogP contribution in [0.4, 0.5) is 4.39 Å². The molecular weight excluding hydrogens is 697 g/mol. The van der Waals surface area contributed by atoms with E-state index in [9.17, 15) is 9.59 Å². The van der Waals surface area contributed by atoms with E-state index in [-0.39, 0.29) is 34.4 Å². The first-order valence-corrected chi connectivity index (χ1v) is 18.5. The molecule has 0 saturated carbocycles. The molecule has 0 radical (unpaired) electrons. The van der Waals surface area contributed by atoms with Crippen LogP contribution in [0.2, 0.25) is 5.02 Å². The number of carbonyl (C=O) groups is 2. The Kier molecular flexibility index (Phi) is 8.21. The summed E-state index contributed by atoms with van der Waals surface area (Å²) in [4.78, 5) is 44.4. The molecule has 4 aliphatic heterocycles. The van der Waals surface area contributed by atoms with Gasteiger partial charge in [-0.3, -0.25) is 24.4 Å². The van der Waals surface area contributed by atoms with E-state index in [4.69, 9.17) is 26.1 Å². The molecule has 11 nitrogen and oxygen atoms in total. The van der Waals surface area contributed by atoms with Gasteiger partial charge in [-0.25, -0.2) is 14.4 Å². The lowest BCUT2D eigenvalue weighted by Crippen LogP contribution is -2.72. The van der Waals surface area contributed by atoms with Crippen molar-refractivity contribution in [2.75, 3.05) is 53.5 Å². The number of pyridine rings is 1. The minimum Gasteiger partial charge on any atom is -0.481 e. The summed E-state index contributed by atoms with van der Waals surface area (Å²) in [5, 5.41) is 3.49. The minimum atomic E-state index is -0.468. The molecule has 5 aliphatic rings. The summed E-state index contributed by atoms with van der Waals surface area (Å²) in [7, 11) is 3.18. The van der Waals surface area contributed by atoms with E-state index in [1.165, 1.54) is 12.7 Å². The van der Waals surface area contributed by atoms with Crippen molar-refractivity contribution >= 4 is 23.4 Å². The van der Waals surface area contributed by atoms with Crippen molar-refractivity contribution in [3.8, 4) is 45.4 Å². The first-order chi connectivity index (χ1) is 25.6. The molecule has 6 heterocycles. The number of benzene rings is 2. The number of nitrogens with one attached hydrogen (secondary N) is 1. The lowest BCUT2D eigenvalue weighted by Gasteiger charge is -2.61. The summed E-state index contributed by atoms with van der Waals surface area (Å²) in [6.45, 7) is 7.25. The van der Waals surface area contributed by atoms with E-state index in [0.29, 0.717) is 63.5 Å². The fourth-order valence-corrected chi connectivity index (χ4v) is 9.61. The number of likely N-dealkylation sites (tertiary alicyclic amines) is 3. The molecule has 1 aliphatic carbocycles. The third-order valence-corrected chi connectivity index (χ3v) is 12.3. The smallest absolute Gasteiger partial charge is 0.237 e. The summed E-state index contributed by atoms with van der Waals surface area (Å²) in [5.74, 6) is 0.701. The summed E-state index contributed by atoms with van der Waals surface area (Å²) < 4.78 is 28.0. The largest absolute Gasteiger partial charge is 0.481 e. The monoisotopic (exact) mass is 737 g/mol. The number of aryl methyl sites for hydroxylation is 1. The standard InChI is InChI=1S/C40H41ClFN7O4/c1-23(50)48-17-39(18-48)19-49(20-39)32-11-10-24-14-29(44-38(53-3)34(24)32)27-8-4-6-25(35(27)41)26-7-5-9-28(36(26)42)30-15-43-31(37(45-30)52-2)16-47-21-40(22-47)13-12-33(51)46-40/h4-9,14-15,32H,10-13,16-22H2,1-3H3,(H,46,51)/t32-/m0/s1. The maximum Gasteiger partial charge on any atom is 0.237 e. The Hall–Kier alpha value is -4.65. The van der Waals surface area contributed by atoms with Crippen LogP contribution < -0.4 is 14.8 Å². The molecule has 4 aromatic rings. The second-order valence-corrected chi connectivity index (χ2v) is 15.8. The SMILES string of the molecule is COc1nc(-c2cccc(-c3cccc(-c4cc5c(c(OC)n4)[C@@H](N4CC6(CN(C(C)=O)C6)C4)CC5)c3Cl)c2F)cnc1CN1CC2(CCC(=O)N2)C1. The summed E-state index contributed by atoms with van der Waals surface area (Å²) in [5.41, 5.74) is 5.91. The zero-order valence-electron chi connectivity index (χ0n) is 30.0. The topological polar surface area (TPSA) is 113 Å². The average Bonchev–Trinajstić information content (AvgIpc) is 3.71. The number of hydrogen-bond acceptors (Lipinski definition) is 9. The van der Waals surface area contributed by atoms with Gasteiger partial charge >= 0.3 is 0 Å². The molecule has 9 rings (SSSR count). The highest BCUT2D eigenvalue weighted by atomic mass is 35.5. The van der Waals surface area contributed by atoms with Gasteiger partial charge in [-0.1, -0.05) is 41.9 Å². The number of halogens is 2. The molecule has 4 saturated heterocycles. The first kappa shape index (κ1) is 34.1. The van der Waals surface area contributed by atoms with Crippen molar-refractivity contribution in [3.63, 3.8) is 0 Å². The molecule has 2 spiro atoms. The first-order valence-electron chi connectivity index (χ1n) is 18.2. The third kappa shape index (κ3) is 5.73. The van der Waals surface area contributed by atoms with Crippen LogP contribution in [0.5, 0.6) is 11.8 Å². The Labute approximate surface area is 312 Å². The lowest BCUT2D eigenvalue weighted by molar-refractivity contribution is -0.161. The lowest BCUT2D eigenvalue weighted by atomic mass is 9.72. The molecule has 2 aromatic carbocycles. The molecule has 2 amide bonds. The Balaban J connectivity index is 0.958. The van der Waals surface area contributed by atoms with Crippen molar-refractivity contribution in [3.05, 3.63) is 76.3 Å². The van der Waals surface area contributed by atoms with Gasteiger partial charge in [0.15, 0.2) is 0 Å². The molecule has 53 heavy (non-hydrogen) atoms. The second-order valence-electron chi connectivity index (χ2n) is 15.4. The summed E-state index contributed by atoms with van der Waals surface area (Å²) >= 11 is 7.12. The van der Waals surface area contributed by atoms with Crippen LogP contribution >= 0.6 is 11.6 Å². The Morgan fingerprint density at radius 3 is 2.34 bits per heavy atom. The normalized spacial score (nSPS) is 21.2. The van der Waals surface area contributed by atoms with Crippen LogP contribution in [0.3, 0.4) is 0 Å². The maximum absolute atomic E-state index is 16.5. The fraction of sp³-hybridized carbons (Fsp3) is 0.425. The van der Waals surface area contributed by atoms with Gasteiger partial charge in [0.2, 0.25) is 23.6 Å². The number of hydrogen-bond donors (Lipinski definition) is 1. The van der Waals surface area contributed by atoms with Crippen LogP contribution in [0.25, 0.3) is 33.6 Å². The zero-order chi connectivity index (χ0) is 36.6. The van der Waals surface area contributed by atoms with Crippen molar-refractivity contribution < 1.29 is 23.5 Å². The van der Waals surface area contributed by atoms with E-state index in [0.717, 1.165) is 64.1 Å². The highest BCUT2D eigenvalue weighted by Gasteiger charge is 2.55. The third-order valence-electron chi connectivity index (χ3n) is 11.8. The highest BCUT2D eigenvalue weighted by Crippen LogP contribution is 2.50. The van der Waals surface area contributed by atoms with E-state index >= 15 is 4.39 Å². The number of rotatable bonds is 8. The van der Waals surface area contributed by atoms with Gasteiger partial charge in [0, 0.05) is 98.4 Å². The van der Waals surface area contributed by atoms with Crippen LogP contribution in [0, 0.1) is 11.2 Å². The molecule has 2 aromatic heterocycles. The van der Waals surface area contributed by atoms with Crippen LogP contribution in [0.15, 0.2) is 48.7 Å². The minimum absolute atomic E-state index is 0.104. The Bertz CT molecular complexity index is 2160. The fourth-order valence-electron chi connectivity index (χ4n) is 9.28. The van der Waals surface area contributed by atoms with Gasteiger partial charge in [-0.15, -0.1) is 0 Å². The van der Waals surface area contributed by atoms with Crippen LogP contribution in [-0.4, -0.2) is 100 Å². The number of methoxy groups -OCH3 is 2. The Morgan fingerprint density at radius 2 is 1.64 bits per heavy atom. The van der Waals surface area contributed by atoms with Gasteiger partial charge in [0.05, 0.1) is 42.4 Å². The summed E-state index contributed by atoms with van der Waals surface area (Å²) in [6, 6.07) is 13.1. The molecule has 0 unspecified atom stereocenters. The molecule has 274 valence electrons. The van der Waals surface area contributed by atoms with Crippen molar-refractivity contribution in [2.45, 2.75) is 50.7 Å². The van der Waals surface area contributed by atoms with Gasteiger partial charge < -0.3 is 19.7 Å². The molecule has 4 fully saturated rings. The summed E-state index contributed by atoms with van der Waals surface area (Å²) in [6.07, 6.45) is 4.85. The van der Waals surface area contributed by atoms with E-state index in [1.807, 2.05) is 23.1 Å². The predicted octanol–water partition coefficient (Wildman–Crippen LogP) is 5.30. The average molecular weight is 738 g/mol. The number of carbonyl (C=O) groups excluding carboxylic acids is 2. The van der Waals surface area contributed by atoms with E-state index < -0.39 is 5.82 Å². The van der Waals surface area contributed by atoms with Gasteiger partial charge in [-0.2, -0.15) is 0 Å². The molecular formula is C40H41ClFN7O4. The highest BCUT2D eigenvalue weighted by molar-refractivity contribution is 6.36. The predicted molar refractivity (Wildman–Crippen MR) is 197 cm³/mol. The number of nitrogens with zero attached hydrogens (tertiary/aromatic N) is 6. The number of aromatic nitrogens is 3. The van der Waals surface area contributed by atoms with Crippen LogP contribution in [-0.2, 0) is 22.6 Å². The number of ether oxygens (including phenoxy) is 2. The van der Waals surface area contributed by atoms with E-state index in [1.54, 1.807) is 38.4 Å². The molecule has 1 atom stereocenters. The Morgan fingerprint density at radius 1 is 0.943 bits per heavy atom. The van der Waals surface area contributed by atoms with Crippen molar-refractivity contribution in [1.82, 2.24) is 35.0 Å². The maximum atomic E-state index is 16.5. The van der Waals surface area contributed by atoms with Gasteiger partial charge in [-0.05, 0) is 37.0 Å². The van der Waals surface area contributed by atoms with Crippen molar-refractivity contribution in [1.29, 1.82) is 0 Å². The number of amides is 2. The second kappa shape index (κ2) is 12.7. The quantitative estimate of drug-likeness (QED) is 0.258. The molecule has 13 heteroatoms. The van der Waals surface area contributed by atoms with E-state index in [2.05, 4.69) is 31.2 Å². The molecule has 1 N–H and O–H groups in total. The zero-order valence-corrected chi connectivity index (χ0v) is 30.8. The number of fused-ring (bicyclic) bond motifs is 1. The molecule has 0 bridgehead atoms. The van der Waals surface area contributed by atoms with Crippen LogP contribution in [0.1, 0.15) is 49.0 Å². The van der Waals surface area contributed by atoms with Crippen molar-refractivity contribution in [2.24, 2.45) is 5.41 Å². The van der Waals surface area contributed by atoms with Gasteiger partial charge in [0.25, 0.3) is 0 Å².